The Bertz CT molecular complexity index is 1020. The van der Waals surface area contributed by atoms with E-state index in [4.69, 9.17) is 4.98 Å². The SMILES string of the molecule is BrC1CCC(c2ccc3ccc4cccnc4c3n2)C2=CC=CCC21. The van der Waals surface area contributed by atoms with E-state index in [-0.39, 0.29) is 0 Å². The number of benzene rings is 1. The predicted octanol–water partition coefficient (Wildman–Crippen LogP) is 5.93. The zero-order chi connectivity index (χ0) is 16.8. The Morgan fingerprint density at radius 3 is 2.72 bits per heavy atom. The molecule has 0 saturated heterocycles. The summed E-state index contributed by atoms with van der Waals surface area (Å²) in [6.45, 7) is 0. The summed E-state index contributed by atoms with van der Waals surface area (Å²) in [5, 5.41) is 2.32. The second-order valence-corrected chi connectivity index (χ2v) is 8.21. The summed E-state index contributed by atoms with van der Waals surface area (Å²) in [6, 6.07) is 12.8. The van der Waals surface area contributed by atoms with Gasteiger partial charge < -0.3 is 0 Å². The van der Waals surface area contributed by atoms with Crippen LogP contribution >= 0.6 is 15.9 Å². The Labute approximate surface area is 155 Å². The van der Waals surface area contributed by atoms with E-state index in [1.807, 2.05) is 12.3 Å². The van der Waals surface area contributed by atoms with Gasteiger partial charge in [-0.1, -0.05) is 64.0 Å². The molecular formula is C22H19BrN2. The summed E-state index contributed by atoms with van der Waals surface area (Å²) in [6.07, 6.45) is 12.2. The summed E-state index contributed by atoms with van der Waals surface area (Å²) in [5.74, 6) is 1.03. The number of aromatic nitrogens is 2. The number of alkyl halides is 1. The van der Waals surface area contributed by atoms with Gasteiger partial charge in [0.25, 0.3) is 0 Å². The highest BCUT2D eigenvalue weighted by Crippen LogP contribution is 2.46. The van der Waals surface area contributed by atoms with Crippen LogP contribution in [0, 0.1) is 5.92 Å². The normalized spacial score (nSPS) is 25.8. The lowest BCUT2D eigenvalue weighted by atomic mass is 9.72. The van der Waals surface area contributed by atoms with Gasteiger partial charge in [-0.15, -0.1) is 0 Å². The van der Waals surface area contributed by atoms with Gasteiger partial charge in [0.15, 0.2) is 0 Å². The van der Waals surface area contributed by atoms with Crippen molar-refractivity contribution in [1.82, 2.24) is 9.97 Å². The molecule has 3 unspecified atom stereocenters. The zero-order valence-electron chi connectivity index (χ0n) is 13.9. The van der Waals surface area contributed by atoms with Crippen LogP contribution in [0.4, 0.5) is 0 Å². The Morgan fingerprint density at radius 2 is 1.80 bits per heavy atom. The highest BCUT2D eigenvalue weighted by Gasteiger charge is 2.34. The molecule has 1 aromatic carbocycles. The number of hydrogen-bond donors (Lipinski definition) is 0. The average molecular weight is 391 g/mol. The molecule has 1 saturated carbocycles. The maximum absolute atomic E-state index is 5.10. The summed E-state index contributed by atoms with van der Waals surface area (Å²) in [5.41, 5.74) is 4.76. The van der Waals surface area contributed by atoms with Crippen LogP contribution in [0.25, 0.3) is 21.8 Å². The van der Waals surface area contributed by atoms with E-state index in [0.717, 1.165) is 34.6 Å². The molecule has 3 aromatic rings. The second kappa shape index (κ2) is 6.06. The molecular weight excluding hydrogens is 372 g/mol. The molecule has 3 atom stereocenters. The van der Waals surface area contributed by atoms with E-state index in [9.17, 15) is 0 Å². The lowest BCUT2D eigenvalue weighted by Crippen LogP contribution is -2.28. The summed E-state index contributed by atoms with van der Waals surface area (Å²) < 4.78 is 0. The second-order valence-electron chi connectivity index (χ2n) is 7.03. The van der Waals surface area contributed by atoms with Crippen LogP contribution in [0.3, 0.4) is 0 Å². The molecule has 0 bridgehead atoms. The molecule has 0 N–H and O–H groups in total. The van der Waals surface area contributed by atoms with Gasteiger partial charge in [0.1, 0.15) is 0 Å². The molecule has 0 aliphatic heterocycles. The summed E-state index contributed by atoms with van der Waals surface area (Å²) in [7, 11) is 0. The maximum atomic E-state index is 5.10. The Balaban J connectivity index is 1.66. The number of halogens is 1. The molecule has 2 nitrogen and oxygen atoms in total. The van der Waals surface area contributed by atoms with Crippen LogP contribution in [-0.4, -0.2) is 14.8 Å². The fourth-order valence-corrected chi connectivity index (χ4v) is 5.13. The van der Waals surface area contributed by atoms with Crippen molar-refractivity contribution < 1.29 is 0 Å². The molecule has 25 heavy (non-hydrogen) atoms. The maximum Gasteiger partial charge on any atom is 0.0968 e. The van der Waals surface area contributed by atoms with Gasteiger partial charge in [0.2, 0.25) is 0 Å². The average Bonchev–Trinajstić information content (AvgIpc) is 2.68. The minimum absolute atomic E-state index is 0.423. The van der Waals surface area contributed by atoms with Gasteiger partial charge in [-0.05, 0) is 37.3 Å². The third kappa shape index (κ3) is 2.53. The first-order valence-electron chi connectivity index (χ1n) is 8.96. The number of fused-ring (bicyclic) bond motifs is 4. The molecule has 0 spiro atoms. The van der Waals surface area contributed by atoms with Crippen molar-refractivity contribution in [3.05, 3.63) is 72.1 Å². The molecule has 0 amide bonds. The van der Waals surface area contributed by atoms with Crippen LogP contribution in [0.15, 0.2) is 66.4 Å². The van der Waals surface area contributed by atoms with E-state index >= 15 is 0 Å². The monoisotopic (exact) mass is 390 g/mol. The van der Waals surface area contributed by atoms with Gasteiger partial charge in [0.05, 0.1) is 11.0 Å². The fourth-order valence-electron chi connectivity index (χ4n) is 4.34. The van der Waals surface area contributed by atoms with E-state index in [0.29, 0.717) is 16.7 Å². The van der Waals surface area contributed by atoms with Crippen LogP contribution in [0.5, 0.6) is 0 Å². The Morgan fingerprint density at radius 1 is 0.960 bits per heavy atom. The number of nitrogens with zero attached hydrogens (tertiary/aromatic N) is 2. The molecule has 3 heteroatoms. The van der Waals surface area contributed by atoms with Crippen LogP contribution < -0.4 is 0 Å². The number of hydrogen-bond acceptors (Lipinski definition) is 2. The highest BCUT2D eigenvalue weighted by atomic mass is 79.9. The number of allylic oxidation sites excluding steroid dienone is 4. The van der Waals surface area contributed by atoms with Crippen LogP contribution in [0.2, 0.25) is 0 Å². The first-order chi connectivity index (χ1) is 12.3. The molecule has 2 aromatic heterocycles. The molecule has 2 aliphatic rings. The standard InChI is InChI=1S/C22H19BrN2/c23-19-11-10-18(16-5-1-2-6-17(16)19)20-12-9-15-8-7-14-4-3-13-24-21(14)22(15)25-20/h1-5,7-9,12-13,17-19H,6,10-11H2. The van der Waals surface area contributed by atoms with Crippen molar-refractivity contribution >= 4 is 37.7 Å². The topological polar surface area (TPSA) is 25.8 Å². The zero-order valence-corrected chi connectivity index (χ0v) is 15.5. The van der Waals surface area contributed by atoms with E-state index in [1.54, 1.807) is 0 Å². The van der Waals surface area contributed by atoms with E-state index in [1.165, 1.54) is 17.7 Å². The summed E-state index contributed by atoms with van der Waals surface area (Å²) in [4.78, 5) is 10.3. The van der Waals surface area contributed by atoms with Crippen molar-refractivity contribution in [3.63, 3.8) is 0 Å². The predicted molar refractivity (Wildman–Crippen MR) is 107 cm³/mol. The van der Waals surface area contributed by atoms with Crippen LogP contribution in [-0.2, 0) is 0 Å². The van der Waals surface area contributed by atoms with Crippen molar-refractivity contribution in [1.29, 1.82) is 0 Å². The molecule has 2 heterocycles. The van der Waals surface area contributed by atoms with Gasteiger partial charge in [0, 0.05) is 33.4 Å². The first kappa shape index (κ1) is 15.3. The van der Waals surface area contributed by atoms with E-state index < -0.39 is 0 Å². The van der Waals surface area contributed by atoms with Gasteiger partial charge >= 0.3 is 0 Å². The van der Waals surface area contributed by atoms with Gasteiger partial charge in [-0.3, -0.25) is 4.98 Å². The van der Waals surface area contributed by atoms with Crippen molar-refractivity contribution in [3.8, 4) is 0 Å². The first-order valence-corrected chi connectivity index (χ1v) is 9.88. The largest absolute Gasteiger partial charge is 0.254 e. The van der Waals surface area contributed by atoms with E-state index in [2.05, 4.69) is 69.5 Å². The third-order valence-electron chi connectivity index (χ3n) is 5.62. The van der Waals surface area contributed by atoms with Crippen molar-refractivity contribution in [2.24, 2.45) is 5.92 Å². The lowest BCUT2D eigenvalue weighted by molar-refractivity contribution is 0.433. The van der Waals surface area contributed by atoms with Crippen molar-refractivity contribution in [2.45, 2.75) is 30.0 Å². The minimum Gasteiger partial charge on any atom is -0.254 e. The number of rotatable bonds is 1. The van der Waals surface area contributed by atoms with Gasteiger partial charge in [-0.25, -0.2) is 4.98 Å². The number of pyridine rings is 2. The van der Waals surface area contributed by atoms with Gasteiger partial charge in [-0.2, -0.15) is 0 Å². The lowest BCUT2D eigenvalue weighted by Gasteiger charge is -2.37. The molecule has 5 rings (SSSR count). The Hall–Kier alpha value is -2.00. The summed E-state index contributed by atoms with van der Waals surface area (Å²) >= 11 is 3.90. The quantitative estimate of drug-likeness (QED) is 0.380. The van der Waals surface area contributed by atoms with Crippen LogP contribution in [0.1, 0.15) is 30.9 Å². The highest BCUT2D eigenvalue weighted by molar-refractivity contribution is 9.09. The van der Waals surface area contributed by atoms with Crippen molar-refractivity contribution in [2.75, 3.05) is 0 Å². The molecule has 1 fully saturated rings. The minimum atomic E-state index is 0.423. The molecule has 0 radical (unpaired) electrons. The molecule has 2 aliphatic carbocycles. The molecule has 124 valence electrons. The smallest absolute Gasteiger partial charge is 0.0968 e. The third-order valence-corrected chi connectivity index (χ3v) is 6.72. The Kier molecular flexibility index (Phi) is 3.70. The fraction of sp³-hybridized carbons (Fsp3) is 0.273.